The van der Waals surface area contributed by atoms with Crippen LogP contribution in [-0.2, 0) is 33.9 Å². The quantitative estimate of drug-likeness (QED) is 0.576. The number of carbonyl (C=O) groups is 3. The minimum Gasteiger partial charge on any atom is -0.468 e. The van der Waals surface area contributed by atoms with Crippen molar-refractivity contribution >= 4 is 27.9 Å². The summed E-state index contributed by atoms with van der Waals surface area (Å²) in [6.45, 7) is -0.814. The first-order chi connectivity index (χ1) is 13.7. The van der Waals surface area contributed by atoms with Crippen LogP contribution in [-0.4, -0.2) is 75.9 Å². The molecule has 0 bridgehead atoms. The molecule has 1 aliphatic rings. The number of piperidine rings is 1. The normalized spacial score (nSPS) is 15.6. The molecule has 160 valence electrons. The van der Waals surface area contributed by atoms with E-state index in [9.17, 15) is 27.2 Å². The van der Waals surface area contributed by atoms with E-state index in [2.05, 4.69) is 9.47 Å². The lowest BCUT2D eigenvalue weighted by molar-refractivity contribution is -0.154. The van der Waals surface area contributed by atoms with E-state index in [4.69, 9.17) is 0 Å². The summed E-state index contributed by atoms with van der Waals surface area (Å²) in [5.74, 6) is -3.28. The van der Waals surface area contributed by atoms with Crippen LogP contribution in [0.1, 0.15) is 12.8 Å². The zero-order valence-electron chi connectivity index (χ0n) is 16.2. The van der Waals surface area contributed by atoms with E-state index < -0.39 is 57.6 Å². The molecule has 0 aliphatic carbocycles. The van der Waals surface area contributed by atoms with Crippen molar-refractivity contribution in [3.63, 3.8) is 0 Å². The molecule has 1 heterocycles. The number of ether oxygens (including phenoxy) is 2. The first-order valence-electron chi connectivity index (χ1n) is 8.87. The van der Waals surface area contributed by atoms with Gasteiger partial charge in [0.15, 0.2) is 0 Å². The summed E-state index contributed by atoms with van der Waals surface area (Å²) < 4.78 is 49.4. The molecule has 9 nitrogen and oxygen atoms in total. The van der Waals surface area contributed by atoms with Crippen molar-refractivity contribution in [1.29, 1.82) is 0 Å². The van der Waals surface area contributed by atoms with Gasteiger partial charge in [-0.2, -0.15) is 4.31 Å². The van der Waals surface area contributed by atoms with Gasteiger partial charge in [0.05, 0.1) is 14.2 Å². The van der Waals surface area contributed by atoms with Crippen LogP contribution in [0.2, 0.25) is 0 Å². The molecule has 1 aromatic rings. The molecule has 0 atom stereocenters. The maximum Gasteiger partial charge on any atom is 0.325 e. The number of hydrogen-bond donors (Lipinski definition) is 0. The molecule has 1 aromatic carbocycles. The molecule has 0 saturated carbocycles. The Hall–Kier alpha value is -2.53. The van der Waals surface area contributed by atoms with E-state index in [-0.39, 0.29) is 25.9 Å². The highest BCUT2D eigenvalue weighted by atomic mass is 32.2. The Morgan fingerprint density at radius 2 is 1.59 bits per heavy atom. The van der Waals surface area contributed by atoms with Crippen molar-refractivity contribution in [1.82, 2.24) is 9.21 Å². The van der Waals surface area contributed by atoms with Crippen molar-refractivity contribution in [3.8, 4) is 0 Å². The summed E-state index contributed by atoms with van der Waals surface area (Å²) in [5, 5.41) is 0. The van der Waals surface area contributed by atoms with Crippen molar-refractivity contribution < 1.29 is 36.7 Å². The number of esters is 2. The third-order valence-corrected chi connectivity index (χ3v) is 6.60. The van der Waals surface area contributed by atoms with E-state index in [1.54, 1.807) is 0 Å². The molecule has 2 rings (SSSR count). The maximum absolute atomic E-state index is 13.9. The first kappa shape index (κ1) is 22.8. The molecular formula is C18H23FN2O7S. The molecular weight excluding hydrogens is 407 g/mol. The second-order valence-electron chi connectivity index (χ2n) is 6.46. The van der Waals surface area contributed by atoms with E-state index in [0.717, 1.165) is 29.5 Å². The Kier molecular flexibility index (Phi) is 7.68. The molecule has 1 fully saturated rings. The van der Waals surface area contributed by atoms with Crippen LogP contribution in [0.5, 0.6) is 0 Å². The van der Waals surface area contributed by atoms with Gasteiger partial charge in [-0.15, -0.1) is 0 Å². The number of sulfonamides is 1. The van der Waals surface area contributed by atoms with Gasteiger partial charge in [0, 0.05) is 19.0 Å². The minimum atomic E-state index is -4.02. The van der Waals surface area contributed by atoms with Gasteiger partial charge in [-0.25, -0.2) is 12.8 Å². The van der Waals surface area contributed by atoms with E-state index in [0.29, 0.717) is 0 Å². The highest BCUT2D eigenvalue weighted by Crippen LogP contribution is 2.26. The average molecular weight is 430 g/mol. The number of methoxy groups -OCH3 is 2. The Bertz CT molecular complexity index is 849. The van der Waals surface area contributed by atoms with E-state index >= 15 is 0 Å². The summed E-state index contributed by atoms with van der Waals surface area (Å²) in [6, 6.07) is 5.09. The fourth-order valence-electron chi connectivity index (χ4n) is 3.05. The summed E-state index contributed by atoms with van der Waals surface area (Å²) in [6.07, 6.45) is 0.344. The van der Waals surface area contributed by atoms with E-state index in [1.165, 1.54) is 18.2 Å². The number of benzene rings is 1. The van der Waals surface area contributed by atoms with Crippen LogP contribution in [0.25, 0.3) is 0 Å². The van der Waals surface area contributed by atoms with E-state index in [1.807, 2.05) is 0 Å². The number of nitrogens with zero attached hydrogens (tertiary/aromatic N) is 2. The monoisotopic (exact) mass is 430 g/mol. The van der Waals surface area contributed by atoms with Gasteiger partial charge in [0.1, 0.15) is 23.8 Å². The molecule has 11 heteroatoms. The number of halogens is 1. The average Bonchev–Trinajstić information content (AvgIpc) is 2.72. The van der Waals surface area contributed by atoms with Crippen molar-refractivity contribution in [2.75, 3.05) is 40.4 Å². The molecule has 1 saturated heterocycles. The smallest absolute Gasteiger partial charge is 0.325 e. The molecule has 0 radical (unpaired) electrons. The van der Waals surface area contributed by atoms with Crippen molar-refractivity contribution in [2.45, 2.75) is 17.7 Å². The Morgan fingerprint density at radius 1 is 1.07 bits per heavy atom. The topological polar surface area (TPSA) is 110 Å². The number of carbonyl (C=O) groups excluding carboxylic acids is 3. The number of amides is 1. The van der Waals surface area contributed by atoms with Gasteiger partial charge >= 0.3 is 11.9 Å². The summed E-state index contributed by atoms with van der Waals surface area (Å²) in [7, 11) is -1.70. The molecule has 1 aliphatic heterocycles. The molecule has 0 unspecified atom stereocenters. The van der Waals surface area contributed by atoms with Crippen molar-refractivity contribution in [3.05, 3.63) is 30.1 Å². The molecule has 0 aromatic heterocycles. The highest BCUT2D eigenvalue weighted by molar-refractivity contribution is 7.89. The zero-order chi connectivity index (χ0) is 21.6. The van der Waals surface area contributed by atoms with Gasteiger partial charge in [-0.05, 0) is 25.0 Å². The Labute approximate surface area is 168 Å². The first-order valence-corrected chi connectivity index (χ1v) is 10.3. The van der Waals surface area contributed by atoms with Crippen LogP contribution < -0.4 is 0 Å². The third-order valence-electron chi connectivity index (χ3n) is 4.66. The summed E-state index contributed by atoms with van der Waals surface area (Å²) in [4.78, 5) is 36.5. The SMILES string of the molecule is COC(=O)CN(CC(=O)OC)C(=O)C1CCN(S(=O)(=O)c2ccccc2F)CC1. The molecule has 1 amide bonds. The number of rotatable bonds is 7. The van der Waals surface area contributed by atoms with Gasteiger partial charge in [-0.3, -0.25) is 14.4 Å². The lowest BCUT2D eigenvalue weighted by atomic mass is 9.96. The van der Waals surface area contributed by atoms with Gasteiger partial charge in [-0.1, -0.05) is 12.1 Å². The van der Waals surface area contributed by atoms with Gasteiger partial charge in [0.25, 0.3) is 0 Å². The molecule has 0 spiro atoms. The zero-order valence-corrected chi connectivity index (χ0v) is 17.0. The minimum absolute atomic E-state index is 0.0113. The van der Waals surface area contributed by atoms with Crippen LogP contribution in [0.4, 0.5) is 4.39 Å². The highest BCUT2D eigenvalue weighted by Gasteiger charge is 2.35. The standard InChI is InChI=1S/C18H23FN2O7S/c1-27-16(22)11-20(12-17(23)28-2)18(24)13-7-9-21(10-8-13)29(25,26)15-6-4-3-5-14(15)19/h3-6,13H,7-12H2,1-2H3. The largest absolute Gasteiger partial charge is 0.468 e. The lowest BCUT2D eigenvalue weighted by Crippen LogP contribution is -2.47. The fourth-order valence-corrected chi connectivity index (χ4v) is 4.58. The third kappa shape index (κ3) is 5.51. The van der Waals surface area contributed by atoms with Crippen LogP contribution >= 0.6 is 0 Å². The predicted octanol–water partition coefficient (Wildman–Crippen LogP) is 0.401. The van der Waals surface area contributed by atoms with Crippen LogP contribution in [0, 0.1) is 11.7 Å². The Morgan fingerprint density at radius 3 is 2.07 bits per heavy atom. The summed E-state index contributed by atoms with van der Waals surface area (Å²) in [5.41, 5.74) is 0. The van der Waals surface area contributed by atoms with Gasteiger partial charge < -0.3 is 14.4 Å². The second kappa shape index (κ2) is 9.79. The molecule has 0 N–H and O–H groups in total. The van der Waals surface area contributed by atoms with Crippen LogP contribution in [0.15, 0.2) is 29.2 Å². The van der Waals surface area contributed by atoms with Crippen molar-refractivity contribution in [2.24, 2.45) is 5.92 Å². The predicted molar refractivity (Wildman–Crippen MR) is 98.5 cm³/mol. The van der Waals surface area contributed by atoms with Gasteiger partial charge in [0.2, 0.25) is 15.9 Å². The fraction of sp³-hybridized carbons (Fsp3) is 0.500. The lowest BCUT2D eigenvalue weighted by Gasteiger charge is -2.33. The summed E-state index contributed by atoms with van der Waals surface area (Å²) >= 11 is 0. The molecule has 29 heavy (non-hydrogen) atoms. The number of hydrogen-bond acceptors (Lipinski definition) is 7. The Balaban J connectivity index is 2.07. The second-order valence-corrected chi connectivity index (χ2v) is 8.36. The van der Waals surface area contributed by atoms with Crippen LogP contribution in [0.3, 0.4) is 0 Å². The maximum atomic E-state index is 13.9.